The number of phenolic OH excluding ortho intramolecular Hbond substituents is 1. The second-order valence-corrected chi connectivity index (χ2v) is 20.6. The smallest absolute Gasteiger partial charge is 0.347 e. The quantitative estimate of drug-likeness (QED) is 0.0494. The molecular formula is C52H66O13. The van der Waals surface area contributed by atoms with E-state index in [2.05, 4.69) is 61.5 Å². The molecule has 2 aromatic carbocycles. The van der Waals surface area contributed by atoms with Gasteiger partial charge in [-0.25, -0.2) is 19.2 Å². The first kappa shape index (κ1) is 49.0. The number of hydrogen-bond acceptors (Lipinski definition) is 11. The van der Waals surface area contributed by atoms with Crippen LogP contribution in [0.5, 0.6) is 28.7 Å². The number of phenols is 2. The molecular weight excluding hydrogens is 833 g/mol. The maximum Gasteiger partial charge on any atom is 0.347 e. The van der Waals surface area contributed by atoms with Gasteiger partial charge < -0.3 is 39.7 Å². The Balaban J connectivity index is 0.000000216. The number of allylic oxidation sites excluding steroid dienone is 4. The second kappa shape index (κ2) is 18.1. The summed E-state index contributed by atoms with van der Waals surface area (Å²) in [6.07, 6.45) is 16.5. The SMILES string of the molecule is CC(C)=CCCC(C)C1CCC2(C)C3=C(CCC12C)C1(C)CCC(O)C(C)(C)C1CC3.Cc1cc(O)c(C=O)c2c1C(=O)Oc1c(COC(=O)C=CC(=O)O)c(O)c(C(=O)O)c(C)c1O2. The molecule has 0 spiro atoms. The van der Waals surface area contributed by atoms with Crippen LogP contribution in [0.25, 0.3) is 0 Å². The first-order valence-electron chi connectivity index (χ1n) is 22.8. The Morgan fingerprint density at radius 1 is 0.908 bits per heavy atom. The van der Waals surface area contributed by atoms with Crippen LogP contribution in [0.3, 0.4) is 0 Å². The molecule has 13 nitrogen and oxygen atoms in total. The number of aliphatic carboxylic acids is 1. The maximum absolute atomic E-state index is 12.9. The lowest BCUT2D eigenvalue weighted by Crippen LogP contribution is -2.55. The molecule has 65 heavy (non-hydrogen) atoms. The van der Waals surface area contributed by atoms with Crippen LogP contribution in [0.1, 0.15) is 167 Å². The van der Waals surface area contributed by atoms with E-state index in [9.17, 15) is 44.4 Å². The average Bonchev–Trinajstić information content (AvgIpc) is 3.40. The molecule has 0 bridgehead atoms. The maximum atomic E-state index is 12.9. The van der Waals surface area contributed by atoms with Gasteiger partial charge >= 0.3 is 23.9 Å². The highest BCUT2D eigenvalue weighted by molar-refractivity contribution is 6.03. The van der Waals surface area contributed by atoms with Gasteiger partial charge in [-0.1, -0.05) is 64.3 Å². The van der Waals surface area contributed by atoms with Crippen LogP contribution in [0.4, 0.5) is 0 Å². The van der Waals surface area contributed by atoms with Gasteiger partial charge in [0.2, 0.25) is 0 Å². The molecule has 7 atom stereocenters. The number of aliphatic hydroxyl groups excluding tert-OH is 1. The zero-order valence-corrected chi connectivity index (χ0v) is 39.5. The summed E-state index contributed by atoms with van der Waals surface area (Å²) in [5, 5.41) is 49.7. The molecule has 352 valence electrons. The minimum atomic E-state index is -1.60. The molecule has 2 fully saturated rings. The highest BCUT2D eigenvalue weighted by atomic mass is 16.6. The van der Waals surface area contributed by atoms with E-state index < -0.39 is 70.2 Å². The van der Waals surface area contributed by atoms with E-state index in [4.69, 9.17) is 19.3 Å². The average molecular weight is 899 g/mol. The summed E-state index contributed by atoms with van der Waals surface area (Å²) in [7, 11) is 0. The number of fused-ring (bicyclic) bond motifs is 6. The topological polar surface area (TPSA) is 214 Å². The van der Waals surface area contributed by atoms with Crippen molar-refractivity contribution >= 4 is 30.2 Å². The van der Waals surface area contributed by atoms with Crippen LogP contribution in [0, 0.1) is 53.3 Å². The third-order valence-electron chi connectivity index (χ3n) is 16.5. The lowest BCUT2D eigenvalue weighted by Gasteiger charge is -2.62. The fourth-order valence-corrected chi connectivity index (χ4v) is 12.8. The van der Waals surface area contributed by atoms with Crippen molar-refractivity contribution in [3.8, 4) is 28.7 Å². The highest BCUT2D eigenvalue weighted by Gasteiger charge is 2.63. The summed E-state index contributed by atoms with van der Waals surface area (Å²) in [5.41, 5.74) is 4.61. The second-order valence-electron chi connectivity index (χ2n) is 20.6. The Morgan fingerprint density at radius 3 is 2.23 bits per heavy atom. The van der Waals surface area contributed by atoms with Crippen molar-refractivity contribution in [2.75, 3.05) is 0 Å². The van der Waals surface area contributed by atoms with Crippen LogP contribution in [-0.4, -0.2) is 61.8 Å². The number of carbonyl (C=O) groups is 5. The Hall–Kier alpha value is -5.43. The van der Waals surface area contributed by atoms with Crippen molar-refractivity contribution in [2.24, 2.45) is 39.4 Å². The van der Waals surface area contributed by atoms with Gasteiger partial charge in [-0.05, 0) is 143 Å². The number of carboxylic acids is 2. The first-order chi connectivity index (χ1) is 30.3. The molecule has 7 rings (SSSR count). The number of carboxylic acid groups (broad SMARTS) is 2. The molecule has 5 aliphatic rings. The first-order valence-corrected chi connectivity index (χ1v) is 22.8. The van der Waals surface area contributed by atoms with Gasteiger partial charge in [-0.15, -0.1) is 0 Å². The van der Waals surface area contributed by atoms with Crippen LogP contribution in [0.15, 0.2) is 41.0 Å². The van der Waals surface area contributed by atoms with Gasteiger partial charge in [0.1, 0.15) is 29.2 Å². The molecule has 0 saturated heterocycles. The van der Waals surface area contributed by atoms with Crippen LogP contribution >= 0.6 is 0 Å². The number of aromatic hydroxyl groups is 2. The van der Waals surface area contributed by atoms with Crippen LogP contribution in [-0.2, 0) is 20.9 Å². The van der Waals surface area contributed by atoms with E-state index in [-0.39, 0.29) is 40.2 Å². The van der Waals surface area contributed by atoms with Crippen molar-refractivity contribution in [3.05, 3.63) is 74.4 Å². The number of ether oxygens (including phenoxy) is 3. The van der Waals surface area contributed by atoms with E-state index >= 15 is 0 Å². The Morgan fingerprint density at radius 2 is 1.60 bits per heavy atom. The van der Waals surface area contributed by atoms with E-state index in [1.807, 2.05) is 11.1 Å². The number of esters is 2. The van der Waals surface area contributed by atoms with Gasteiger partial charge in [0.05, 0.1) is 17.2 Å². The zero-order chi connectivity index (χ0) is 48.1. The normalized spacial score (nSPS) is 27.7. The third-order valence-corrected chi connectivity index (χ3v) is 16.5. The molecule has 1 heterocycles. The number of hydrogen-bond donors (Lipinski definition) is 5. The molecule has 13 heteroatoms. The van der Waals surface area contributed by atoms with E-state index in [0.29, 0.717) is 34.3 Å². The molecule has 5 N–H and O–H groups in total. The summed E-state index contributed by atoms with van der Waals surface area (Å²) >= 11 is 0. The van der Waals surface area contributed by atoms with Crippen LogP contribution < -0.4 is 9.47 Å². The number of aliphatic hydroxyl groups is 1. The van der Waals surface area contributed by atoms with Crippen LogP contribution in [0.2, 0.25) is 0 Å². The fraction of sp³-hybridized carbons (Fsp3) is 0.558. The largest absolute Gasteiger partial charge is 0.507 e. The highest BCUT2D eigenvalue weighted by Crippen LogP contribution is 2.72. The lowest BCUT2D eigenvalue weighted by molar-refractivity contribution is -0.139. The number of aryl methyl sites for hydroxylation is 1. The van der Waals surface area contributed by atoms with Crippen molar-refractivity contribution < 1.29 is 63.7 Å². The van der Waals surface area contributed by atoms with Crippen molar-refractivity contribution in [1.82, 2.24) is 0 Å². The summed E-state index contributed by atoms with van der Waals surface area (Å²) in [6, 6.07) is 1.13. The van der Waals surface area contributed by atoms with Gasteiger partial charge in [0.15, 0.2) is 23.5 Å². The standard InChI is InChI=1S/C30H50O.C22H16O12/c1-20(2)10-9-11-21(3)22-14-18-30(8)24-12-13-25-27(4,5)26(31)16-17-28(25,6)23(24)15-19-29(22,30)7;1-8-5-12(24)10(6-23)19-15(8)22(31)34-20-11(7-32-14(27)4-3-13(25)26)17(28)16(21(29)30)9(2)18(20)33-19/h10,21-22,25-26,31H,9,11-19H2,1-8H3;3-6,24,28H,7H2,1-2H3,(H,25,26)(H,29,30). The van der Waals surface area contributed by atoms with E-state index in [1.54, 1.807) is 0 Å². The minimum Gasteiger partial charge on any atom is -0.507 e. The molecule has 0 aromatic heterocycles. The molecule has 2 saturated carbocycles. The summed E-state index contributed by atoms with van der Waals surface area (Å²) in [4.78, 5) is 58.6. The Kier molecular flexibility index (Phi) is 13.6. The molecule has 7 unspecified atom stereocenters. The fourth-order valence-electron chi connectivity index (χ4n) is 12.8. The monoisotopic (exact) mass is 898 g/mol. The predicted molar refractivity (Wildman–Crippen MR) is 243 cm³/mol. The zero-order valence-electron chi connectivity index (χ0n) is 39.5. The minimum absolute atomic E-state index is 0.0465. The van der Waals surface area contributed by atoms with Gasteiger partial charge in [-0.3, -0.25) is 4.79 Å². The van der Waals surface area contributed by atoms with Gasteiger partial charge in [-0.2, -0.15) is 0 Å². The van der Waals surface area contributed by atoms with E-state index in [0.717, 1.165) is 24.3 Å². The van der Waals surface area contributed by atoms with Crippen molar-refractivity contribution in [2.45, 2.75) is 146 Å². The number of aldehydes is 1. The predicted octanol–water partition coefficient (Wildman–Crippen LogP) is 10.7. The number of rotatable bonds is 10. The number of carbonyl (C=O) groups excluding carboxylic acids is 3. The molecule has 2 aromatic rings. The lowest BCUT2D eigenvalue weighted by atomic mass is 9.43. The summed E-state index contributed by atoms with van der Waals surface area (Å²) < 4.78 is 15.9. The molecule has 0 amide bonds. The molecule has 1 aliphatic heterocycles. The summed E-state index contributed by atoms with van der Waals surface area (Å²) in [5.74, 6) is -5.59. The van der Waals surface area contributed by atoms with Crippen molar-refractivity contribution in [3.63, 3.8) is 0 Å². The molecule has 0 radical (unpaired) electrons. The Labute approximate surface area is 381 Å². The van der Waals surface area contributed by atoms with Gasteiger partial charge in [0.25, 0.3) is 0 Å². The Bertz CT molecular complexity index is 2400. The van der Waals surface area contributed by atoms with Crippen molar-refractivity contribution in [1.29, 1.82) is 0 Å². The van der Waals surface area contributed by atoms with Gasteiger partial charge in [0, 0.05) is 17.7 Å². The summed E-state index contributed by atoms with van der Waals surface area (Å²) in [6.45, 7) is 21.5. The third kappa shape index (κ3) is 8.49. The van der Waals surface area contributed by atoms with E-state index in [1.165, 1.54) is 77.2 Å². The number of aromatic carboxylic acids is 1. The number of benzene rings is 2. The molecule has 4 aliphatic carbocycles.